The monoisotopic (exact) mass is 341 g/mol. The van der Waals surface area contributed by atoms with Crippen LogP contribution in [0, 0.1) is 5.82 Å². The van der Waals surface area contributed by atoms with Gasteiger partial charge in [0.15, 0.2) is 11.5 Å². The summed E-state index contributed by atoms with van der Waals surface area (Å²) < 4.78 is 24.0. The quantitative estimate of drug-likeness (QED) is 0.854. The molecule has 0 saturated carbocycles. The predicted octanol–water partition coefficient (Wildman–Crippen LogP) is 3.50. The molecule has 25 heavy (non-hydrogen) atoms. The van der Waals surface area contributed by atoms with Crippen LogP contribution in [0.15, 0.2) is 42.5 Å². The number of ether oxygens (including phenoxy) is 2. The SMILES string of the molecule is O=C(CCc1cccc(F)c1)N1CCC(c2ccc3c(c2)OCO3)C1. The minimum Gasteiger partial charge on any atom is -0.454 e. The number of carbonyl (C=O) groups is 1. The van der Waals surface area contributed by atoms with Crippen molar-refractivity contribution in [2.24, 2.45) is 0 Å². The van der Waals surface area contributed by atoms with Crippen LogP contribution in [0.4, 0.5) is 4.39 Å². The van der Waals surface area contributed by atoms with E-state index in [1.165, 1.54) is 17.7 Å². The molecule has 0 bridgehead atoms. The molecule has 1 amide bonds. The molecule has 2 aromatic rings. The van der Waals surface area contributed by atoms with Crippen molar-refractivity contribution < 1.29 is 18.7 Å². The molecule has 130 valence electrons. The standard InChI is InChI=1S/C20H20FNO3/c21-17-3-1-2-14(10-17)4-7-20(23)22-9-8-16(12-22)15-5-6-18-19(11-15)25-13-24-18/h1-3,5-6,10-11,16H,4,7-9,12-13H2. The summed E-state index contributed by atoms with van der Waals surface area (Å²) in [4.78, 5) is 14.4. The number of aryl methyl sites for hydroxylation is 1. The molecule has 4 nitrogen and oxygen atoms in total. The van der Waals surface area contributed by atoms with Crippen molar-refractivity contribution in [1.82, 2.24) is 4.90 Å². The number of amides is 1. The lowest BCUT2D eigenvalue weighted by Gasteiger charge is -2.17. The third kappa shape index (κ3) is 3.45. The number of halogens is 1. The molecule has 2 aliphatic heterocycles. The molecule has 0 radical (unpaired) electrons. The van der Waals surface area contributed by atoms with Crippen molar-refractivity contribution in [2.75, 3.05) is 19.9 Å². The highest BCUT2D eigenvalue weighted by Gasteiger charge is 2.28. The molecule has 2 aromatic carbocycles. The van der Waals surface area contributed by atoms with E-state index in [9.17, 15) is 9.18 Å². The van der Waals surface area contributed by atoms with Gasteiger partial charge in [-0.15, -0.1) is 0 Å². The first kappa shape index (κ1) is 15.9. The molecule has 0 aromatic heterocycles. The van der Waals surface area contributed by atoms with Gasteiger partial charge in [0.25, 0.3) is 0 Å². The molecule has 1 saturated heterocycles. The Balaban J connectivity index is 1.34. The first-order valence-electron chi connectivity index (χ1n) is 8.61. The van der Waals surface area contributed by atoms with E-state index in [0.717, 1.165) is 36.6 Å². The number of hydrogen-bond acceptors (Lipinski definition) is 3. The summed E-state index contributed by atoms with van der Waals surface area (Å²) in [5.74, 6) is 1.77. The third-order valence-corrected chi connectivity index (χ3v) is 4.93. The van der Waals surface area contributed by atoms with Crippen molar-refractivity contribution in [3.8, 4) is 11.5 Å². The van der Waals surface area contributed by atoms with Crippen molar-refractivity contribution in [3.05, 3.63) is 59.4 Å². The number of hydrogen-bond donors (Lipinski definition) is 0. The minimum atomic E-state index is -0.256. The summed E-state index contributed by atoms with van der Waals surface area (Å²) in [5, 5.41) is 0. The lowest BCUT2D eigenvalue weighted by atomic mass is 9.98. The largest absolute Gasteiger partial charge is 0.454 e. The summed E-state index contributed by atoms with van der Waals surface area (Å²) in [6.45, 7) is 1.76. The number of likely N-dealkylation sites (tertiary alicyclic amines) is 1. The Kier molecular flexibility index (Phi) is 4.30. The van der Waals surface area contributed by atoms with Gasteiger partial charge < -0.3 is 14.4 Å². The van der Waals surface area contributed by atoms with E-state index in [4.69, 9.17) is 9.47 Å². The van der Waals surface area contributed by atoms with E-state index in [0.29, 0.717) is 18.8 Å². The number of rotatable bonds is 4. The van der Waals surface area contributed by atoms with Gasteiger partial charge in [-0.2, -0.15) is 0 Å². The van der Waals surface area contributed by atoms with E-state index in [1.807, 2.05) is 23.1 Å². The normalized spacial score (nSPS) is 18.6. The second-order valence-electron chi connectivity index (χ2n) is 6.57. The summed E-state index contributed by atoms with van der Waals surface area (Å²) in [6.07, 6.45) is 1.93. The van der Waals surface area contributed by atoms with Crippen LogP contribution < -0.4 is 9.47 Å². The fraction of sp³-hybridized carbons (Fsp3) is 0.350. The van der Waals surface area contributed by atoms with Crippen LogP contribution in [-0.2, 0) is 11.2 Å². The average molecular weight is 341 g/mol. The predicted molar refractivity (Wildman–Crippen MR) is 91.2 cm³/mol. The maximum absolute atomic E-state index is 13.2. The van der Waals surface area contributed by atoms with Gasteiger partial charge in [-0.1, -0.05) is 18.2 Å². The maximum Gasteiger partial charge on any atom is 0.231 e. The van der Waals surface area contributed by atoms with Crippen LogP contribution in [0.5, 0.6) is 11.5 Å². The number of carbonyl (C=O) groups excluding carboxylic acids is 1. The van der Waals surface area contributed by atoms with Gasteiger partial charge in [0, 0.05) is 25.4 Å². The smallest absolute Gasteiger partial charge is 0.231 e. The zero-order chi connectivity index (χ0) is 17.2. The molecular weight excluding hydrogens is 321 g/mol. The average Bonchev–Trinajstić information content (AvgIpc) is 3.28. The topological polar surface area (TPSA) is 38.8 Å². The van der Waals surface area contributed by atoms with Gasteiger partial charge in [-0.05, 0) is 48.2 Å². The molecule has 4 rings (SSSR count). The summed E-state index contributed by atoms with van der Waals surface area (Å²) in [5.41, 5.74) is 2.05. The zero-order valence-electron chi connectivity index (χ0n) is 13.9. The van der Waals surface area contributed by atoms with Crippen molar-refractivity contribution in [3.63, 3.8) is 0 Å². The van der Waals surface area contributed by atoms with Crippen LogP contribution >= 0.6 is 0 Å². The Morgan fingerprint density at radius 2 is 2.04 bits per heavy atom. The summed E-state index contributed by atoms with van der Waals surface area (Å²) >= 11 is 0. The number of fused-ring (bicyclic) bond motifs is 1. The first-order chi connectivity index (χ1) is 12.2. The number of benzene rings is 2. The fourth-order valence-corrected chi connectivity index (χ4v) is 3.53. The van der Waals surface area contributed by atoms with Crippen molar-refractivity contribution in [1.29, 1.82) is 0 Å². The molecule has 1 fully saturated rings. The molecule has 0 N–H and O–H groups in total. The van der Waals surface area contributed by atoms with Crippen LogP contribution in [0.2, 0.25) is 0 Å². The third-order valence-electron chi connectivity index (χ3n) is 4.93. The molecule has 1 atom stereocenters. The Morgan fingerprint density at radius 1 is 1.16 bits per heavy atom. The van der Waals surface area contributed by atoms with Crippen LogP contribution in [-0.4, -0.2) is 30.7 Å². The molecule has 0 aliphatic carbocycles. The molecular formula is C20H20FNO3. The molecule has 1 unspecified atom stereocenters. The van der Waals surface area contributed by atoms with Gasteiger partial charge in [-0.25, -0.2) is 4.39 Å². The van der Waals surface area contributed by atoms with Crippen molar-refractivity contribution >= 4 is 5.91 Å². The highest BCUT2D eigenvalue weighted by molar-refractivity contribution is 5.77. The molecule has 2 aliphatic rings. The first-order valence-corrected chi connectivity index (χ1v) is 8.61. The Hall–Kier alpha value is -2.56. The Labute approximate surface area is 146 Å². The van der Waals surface area contributed by atoms with E-state index >= 15 is 0 Å². The molecule has 2 heterocycles. The Morgan fingerprint density at radius 3 is 2.92 bits per heavy atom. The second-order valence-corrected chi connectivity index (χ2v) is 6.57. The van der Waals surface area contributed by atoms with Crippen LogP contribution in [0.25, 0.3) is 0 Å². The van der Waals surface area contributed by atoms with Gasteiger partial charge in [0.2, 0.25) is 12.7 Å². The lowest BCUT2D eigenvalue weighted by Crippen LogP contribution is -2.28. The summed E-state index contributed by atoms with van der Waals surface area (Å²) in [6, 6.07) is 12.5. The van der Waals surface area contributed by atoms with E-state index < -0.39 is 0 Å². The zero-order valence-corrected chi connectivity index (χ0v) is 13.9. The van der Waals surface area contributed by atoms with E-state index in [2.05, 4.69) is 6.07 Å². The maximum atomic E-state index is 13.2. The fourth-order valence-electron chi connectivity index (χ4n) is 3.53. The minimum absolute atomic E-state index is 0.132. The van der Waals surface area contributed by atoms with Gasteiger partial charge >= 0.3 is 0 Å². The van der Waals surface area contributed by atoms with Gasteiger partial charge in [0.05, 0.1) is 0 Å². The second kappa shape index (κ2) is 6.75. The van der Waals surface area contributed by atoms with Crippen LogP contribution in [0.3, 0.4) is 0 Å². The molecule has 0 spiro atoms. The van der Waals surface area contributed by atoms with Crippen LogP contribution in [0.1, 0.15) is 29.9 Å². The number of nitrogens with zero attached hydrogens (tertiary/aromatic N) is 1. The van der Waals surface area contributed by atoms with Crippen molar-refractivity contribution in [2.45, 2.75) is 25.2 Å². The summed E-state index contributed by atoms with van der Waals surface area (Å²) in [7, 11) is 0. The lowest BCUT2D eigenvalue weighted by molar-refractivity contribution is -0.130. The highest BCUT2D eigenvalue weighted by Crippen LogP contribution is 2.37. The highest BCUT2D eigenvalue weighted by atomic mass is 19.1. The van der Waals surface area contributed by atoms with Gasteiger partial charge in [0.1, 0.15) is 5.82 Å². The van der Waals surface area contributed by atoms with E-state index in [1.54, 1.807) is 6.07 Å². The molecule has 5 heteroatoms. The van der Waals surface area contributed by atoms with E-state index in [-0.39, 0.29) is 18.5 Å². The Bertz CT molecular complexity index is 792. The van der Waals surface area contributed by atoms with Gasteiger partial charge in [-0.3, -0.25) is 4.79 Å².